The smallest absolute Gasteiger partial charge is 0.252 e. The molecule has 2 N–H and O–H groups in total. The molecule has 0 aliphatic carbocycles. The Bertz CT molecular complexity index is 730. The highest BCUT2D eigenvalue weighted by molar-refractivity contribution is 9.10. The number of benzene rings is 1. The first-order valence-corrected chi connectivity index (χ1v) is 7.23. The lowest BCUT2D eigenvalue weighted by atomic mass is 10.2. The van der Waals surface area contributed by atoms with Crippen molar-refractivity contribution in [1.82, 2.24) is 10.3 Å². The largest absolute Gasteiger partial charge is 0.367 e. The maximum absolute atomic E-state index is 13.1. The second-order valence-corrected chi connectivity index (χ2v) is 5.17. The monoisotopic (exact) mass is 362 g/mol. The highest BCUT2D eigenvalue weighted by Crippen LogP contribution is 2.17. The molecule has 7 heteroatoms. The van der Waals surface area contributed by atoms with Crippen LogP contribution in [0.4, 0.5) is 10.2 Å². The molecular weight excluding hydrogens is 351 g/mol. The lowest BCUT2D eigenvalue weighted by molar-refractivity contribution is 0.0954. The van der Waals surface area contributed by atoms with Gasteiger partial charge in [-0.05, 0) is 46.3 Å². The quantitative estimate of drug-likeness (QED) is 0.801. The van der Waals surface area contributed by atoms with Gasteiger partial charge in [0.2, 0.25) is 0 Å². The zero-order valence-corrected chi connectivity index (χ0v) is 13.0. The van der Waals surface area contributed by atoms with Gasteiger partial charge < -0.3 is 10.6 Å². The van der Waals surface area contributed by atoms with E-state index in [4.69, 9.17) is 5.26 Å². The van der Waals surface area contributed by atoms with Crippen LogP contribution in [0, 0.1) is 17.1 Å². The van der Waals surface area contributed by atoms with Gasteiger partial charge in [-0.2, -0.15) is 5.26 Å². The van der Waals surface area contributed by atoms with Crippen molar-refractivity contribution >= 4 is 27.7 Å². The normalized spacial score (nSPS) is 9.86. The number of anilines is 1. The van der Waals surface area contributed by atoms with Gasteiger partial charge in [0.05, 0.1) is 11.1 Å². The van der Waals surface area contributed by atoms with Gasteiger partial charge in [-0.25, -0.2) is 9.37 Å². The topological polar surface area (TPSA) is 77.8 Å². The van der Waals surface area contributed by atoms with Gasteiger partial charge >= 0.3 is 0 Å². The predicted molar refractivity (Wildman–Crippen MR) is 83.9 cm³/mol. The molecule has 1 heterocycles. The number of carbonyl (C=O) groups excluding carboxylic acids is 1. The fraction of sp³-hybridized carbons (Fsp3) is 0.133. The zero-order valence-electron chi connectivity index (χ0n) is 11.4. The van der Waals surface area contributed by atoms with Crippen molar-refractivity contribution in [2.24, 2.45) is 0 Å². The number of aromatic nitrogens is 1. The summed E-state index contributed by atoms with van der Waals surface area (Å²) in [7, 11) is 0. The minimum atomic E-state index is -0.473. The van der Waals surface area contributed by atoms with Crippen LogP contribution in [0.2, 0.25) is 0 Å². The molecule has 2 rings (SSSR count). The first-order valence-electron chi connectivity index (χ1n) is 6.44. The molecule has 0 saturated heterocycles. The lowest BCUT2D eigenvalue weighted by Gasteiger charge is -2.09. The van der Waals surface area contributed by atoms with Gasteiger partial charge in [0, 0.05) is 23.8 Å². The van der Waals surface area contributed by atoms with Gasteiger partial charge in [0.15, 0.2) is 0 Å². The maximum Gasteiger partial charge on any atom is 0.252 e. The number of rotatable bonds is 5. The van der Waals surface area contributed by atoms with Crippen molar-refractivity contribution < 1.29 is 9.18 Å². The van der Waals surface area contributed by atoms with E-state index in [0.29, 0.717) is 28.9 Å². The van der Waals surface area contributed by atoms with Gasteiger partial charge in [-0.1, -0.05) is 0 Å². The number of amides is 1. The Hall–Kier alpha value is -2.46. The van der Waals surface area contributed by atoms with E-state index in [1.165, 1.54) is 18.2 Å². The highest BCUT2D eigenvalue weighted by atomic mass is 79.9. The molecule has 1 aromatic carbocycles. The highest BCUT2D eigenvalue weighted by Gasteiger charge is 2.10. The van der Waals surface area contributed by atoms with Gasteiger partial charge in [0.25, 0.3) is 5.91 Å². The molecule has 0 aliphatic heterocycles. The summed E-state index contributed by atoms with van der Waals surface area (Å²) in [6.07, 6.45) is 1.58. The van der Waals surface area contributed by atoms with Crippen molar-refractivity contribution in [3.05, 3.63) is 57.9 Å². The number of nitrogens with zero attached hydrogens (tertiary/aromatic N) is 2. The molecule has 0 fully saturated rings. The number of hydrogen-bond acceptors (Lipinski definition) is 4. The summed E-state index contributed by atoms with van der Waals surface area (Å²) in [5.74, 6) is -0.389. The second-order valence-electron chi connectivity index (χ2n) is 4.32. The molecule has 112 valence electrons. The predicted octanol–water partition coefficient (Wildman–Crippen LogP) is 2.70. The van der Waals surface area contributed by atoms with Gasteiger partial charge in [-0.3, -0.25) is 4.79 Å². The molecule has 2 aromatic rings. The molecule has 1 aromatic heterocycles. The Balaban J connectivity index is 1.88. The molecule has 22 heavy (non-hydrogen) atoms. The summed E-state index contributed by atoms with van der Waals surface area (Å²) in [5.41, 5.74) is 0.664. The van der Waals surface area contributed by atoms with Crippen LogP contribution in [0.15, 0.2) is 41.0 Å². The number of carbonyl (C=O) groups is 1. The number of pyridine rings is 1. The van der Waals surface area contributed by atoms with Crippen LogP contribution < -0.4 is 10.6 Å². The fourth-order valence-electron chi connectivity index (χ4n) is 1.76. The molecule has 0 spiro atoms. The van der Waals surface area contributed by atoms with Crippen LogP contribution in [-0.4, -0.2) is 24.0 Å². The number of hydrogen-bond donors (Lipinski definition) is 2. The van der Waals surface area contributed by atoms with E-state index in [9.17, 15) is 9.18 Å². The average molecular weight is 363 g/mol. The second kappa shape index (κ2) is 7.52. The SMILES string of the molecule is N#Cc1cccnc1NCCNC(=O)c1cc(F)ccc1Br. The average Bonchev–Trinajstić information content (AvgIpc) is 2.54. The third kappa shape index (κ3) is 4.02. The van der Waals surface area contributed by atoms with Crippen molar-refractivity contribution in [1.29, 1.82) is 5.26 Å². The van der Waals surface area contributed by atoms with Gasteiger partial charge in [-0.15, -0.1) is 0 Å². The first-order chi connectivity index (χ1) is 10.6. The van der Waals surface area contributed by atoms with E-state index >= 15 is 0 Å². The summed E-state index contributed by atoms with van der Waals surface area (Å²) in [6.45, 7) is 0.702. The van der Waals surface area contributed by atoms with Gasteiger partial charge in [0.1, 0.15) is 17.7 Å². The van der Waals surface area contributed by atoms with Crippen LogP contribution in [0.1, 0.15) is 15.9 Å². The molecule has 0 saturated carbocycles. The summed E-state index contributed by atoms with van der Waals surface area (Å²) in [5, 5.41) is 14.6. The van der Waals surface area contributed by atoms with Crippen molar-refractivity contribution in [3.8, 4) is 6.07 Å². The number of halogens is 2. The summed E-state index contributed by atoms with van der Waals surface area (Å²) >= 11 is 3.21. The molecule has 0 radical (unpaired) electrons. The first kappa shape index (κ1) is 15.9. The van der Waals surface area contributed by atoms with Crippen molar-refractivity contribution in [2.75, 3.05) is 18.4 Å². The summed E-state index contributed by atoms with van der Waals surface area (Å²) in [4.78, 5) is 16.0. The Labute approximate surface area is 135 Å². The van der Waals surface area contributed by atoms with Crippen LogP contribution in [0.5, 0.6) is 0 Å². The molecule has 0 unspecified atom stereocenters. The van der Waals surface area contributed by atoms with Crippen molar-refractivity contribution in [3.63, 3.8) is 0 Å². The van der Waals surface area contributed by atoms with E-state index in [2.05, 4.69) is 31.5 Å². The molecule has 0 bridgehead atoms. The summed E-state index contributed by atoms with van der Waals surface area (Å²) < 4.78 is 13.7. The Morgan fingerprint density at radius 3 is 2.95 bits per heavy atom. The van der Waals surface area contributed by atoms with Crippen LogP contribution in [0.3, 0.4) is 0 Å². The van der Waals surface area contributed by atoms with E-state index in [1.54, 1.807) is 18.3 Å². The third-order valence-corrected chi connectivity index (χ3v) is 3.50. The van der Waals surface area contributed by atoms with Crippen molar-refractivity contribution in [2.45, 2.75) is 0 Å². The standard InChI is InChI=1S/C15H12BrFN4O/c16-13-4-3-11(17)8-12(13)15(22)21-7-6-20-14-10(9-18)2-1-5-19-14/h1-5,8H,6-7H2,(H,19,20)(H,21,22). The lowest BCUT2D eigenvalue weighted by Crippen LogP contribution is -2.29. The van der Waals surface area contributed by atoms with E-state index < -0.39 is 5.82 Å². The number of nitrogens with one attached hydrogen (secondary N) is 2. The zero-order chi connectivity index (χ0) is 15.9. The van der Waals surface area contributed by atoms with E-state index in [1.807, 2.05) is 6.07 Å². The number of nitriles is 1. The minimum absolute atomic E-state index is 0.232. The van der Waals surface area contributed by atoms with Crippen LogP contribution in [0.25, 0.3) is 0 Å². The van der Waals surface area contributed by atoms with Crippen LogP contribution >= 0.6 is 15.9 Å². The Morgan fingerprint density at radius 1 is 1.36 bits per heavy atom. The Kier molecular flexibility index (Phi) is 5.44. The summed E-state index contributed by atoms with van der Waals surface area (Å²) in [6, 6.07) is 9.27. The minimum Gasteiger partial charge on any atom is -0.367 e. The fourth-order valence-corrected chi connectivity index (χ4v) is 2.19. The molecule has 0 aliphatic rings. The Morgan fingerprint density at radius 2 is 2.18 bits per heavy atom. The molecular formula is C15H12BrFN4O. The molecule has 0 atom stereocenters. The maximum atomic E-state index is 13.1. The van der Waals surface area contributed by atoms with E-state index in [0.717, 1.165) is 0 Å². The third-order valence-electron chi connectivity index (χ3n) is 2.80. The molecule has 1 amide bonds. The molecule has 5 nitrogen and oxygen atoms in total. The van der Waals surface area contributed by atoms with Crippen LogP contribution in [-0.2, 0) is 0 Å². The van der Waals surface area contributed by atoms with E-state index in [-0.39, 0.29) is 11.5 Å².